The second-order valence-corrected chi connectivity index (χ2v) is 17.7. The standard InChI is InChI=1S/C34H42Br2S4/c1-5-9-11-23(7-3)17-25-19-31(37-22-25)29-15-16-30(39-29)32-20-27(18-24(8-4)12-10-6-2)28(38-32)14-13-26-21-33(35)40-34(26)36/h13-16,19-24H,5-12,17-18H2,1-4H3/b14-13+. The molecule has 0 nitrogen and oxygen atoms in total. The second-order valence-electron chi connectivity index (χ2n) is 10.8. The fraction of sp³-hybridized carbons (Fsp3) is 0.471. The summed E-state index contributed by atoms with van der Waals surface area (Å²) in [6.07, 6.45) is 17.5. The van der Waals surface area contributed by atoms with Crippen LogP contribution < -0.4 is 0 Å². The first-order valence-corrected chi connectivity index (χ1v) is 19.8. The van der Waals surface area contributed by atoms with Crippen molar-refractivity contribution in [2.24, 2.45) is 11.8 Å². The number of rotatable bonds is 16. The molecular weight excluding hydrogens is 696 g/mol. The van der Waals surface area contributed by atoms with Crippen LogP contribution in [-0.4, -0.2) is 0 Å². The Bertz CT molecular complexity index is 1350. The maximum absolute atomic E-state index is 3.73. The van der Waals surface area contributed by atoms with Gasteiger partial charge in [-0.3, -0.25) is 0 Å². The van der Waals surface area contributed by atoms with Crippen molar-refractivity contribution in [1.82, 2.24) is 0 Å². The molecule has 0 aliphatic rings. The maximum Gasteiger partial charge on any atom is 0.0782 e. The van der Waals surface area contributed by atoms with Crippen LogP contribution in [-0.2, 0) is 12.8 Å². The smallest absolute Gasteiger partial charge is 0.0782 e. The van der Waals surface area contributed by atoms with Gasteiger partial charge in [-0.15, -0.1) is 45.3 Å². The fourth-order valence-corrected chi connectivity index (χ4v) is 11.2. The average Bonchev–Trinajstić information content (AvgIpc) is 3.74. The first-order valence-electron chi connectivity index (χ1n) is 14.9. The predicted octanol–water partition coefficient (Wildman–Crippen LogP) is 14.5. The van der Waals surface area contributed by atoms with Crippen LogP contribution in [0.2, 0.25) is 0 Å². The molecule has 0 N–H and O–H groups in total. The molecule has 4 aromatic rings. The topological polar surface area (TPSA) is 0 Å². The Morgan fingerprint density at radius 1 is 0.725 bits per heavy atom. The molecule has 0 bridgehead atoms. The first-order chi connectivity index (χ1) is 19.4. The molecule has 0 aliphatic heterocycles. The summed E-state index contributed by atoms with van der Waals surface area (Å²) in [5, 5.41) is 2.40. The van der Waals surface area contributed by atoms with Crippen LogP contribution in [0.15, 0.2) is 43.3 Å². The van der Waals surface area contributed by atoms with Gasteiger partial charge >= 0.3 is 0 Å². The lowest BCUT2D eigenvalue weighted by molar-refractivity contribution is 0.449. The van der Waals surface area contributed by atoms with Crippen LogP contribution in [0.5, 0.6) is 0 Å². The molecule has 0 amide bonds. The van der Waals surface area contributed by atoms with E-state index >= 15 is 0 Å². The zero-order chi connectivity index (χ0) is 28.5. The van der Waals surface area contributed by atoms with E-state index in [0.717, 1.165) is 15.6 Å². The molecule has 4 heterocycles. The van der Waals surface area contributed by atoms with Gasteiger partial charge in [-0.25, -0.2) is 0 Å². The van der Waals surface area contributed by atoms with Gasteiger partial charge in [-0.1, -0.05) is 85.1 Å². The molecule has 4 aromatic heterocycles. The third kappa shape index (κ3) is 9.00. The molecule has 40 heavy (non-hydrogen) atoms. The van der Waals surface area contributed by atoms with E-state index in [4.69, 9.17) is 0 Å². The lowest BCUT2D eigenvalue weighted by Gasteiger charge is -2.14. The minimum Gasteiger partial charge on any atom is -0.143 e. The van der Waals surface area contributed by atoms with Crippen LogP contribution >= 0.6 is 77.2 Å². The van der Waals surface area contributed by atoms with Crippen molar-refractivity contribution in [2.75, 3.05) is 0 Å². The molecule has 0 saturated heterocycles. The van der Waals surface area contributed by atoms with Crippen LogP contribution in [0.25, 0.3) is 31.7 Å². The summed E-state index contributed by atoms with van der Waals surface area (Å²) in [7, 11) is 0. The SMILES string of the molecule is CCCCC(CC)Cc1csc(-c2ccc(-c3cc(CC(CC)CCCC)c(/C=C/c4cc(Br)sc4Br)s3)s2)c1. The Labute approximate surface area is 275 Å². The highest BCUT2D eigenvalue weighted by atomic mass is 79.9. The number of halogens is 2. The summed E-state index contributed by atoms with van der Waals surface area (Å²) in [6, 6.07) is 11.8. The highest BCUT2D eigenvalue weighted by Gasteiger charge is 2.17. The van der Waals surface area contributed by atoms with E-state index in [1.165, 1.54) is 109 Å². The number of unbranched alkanes of at least 4 members (excludes halogenated alkanes) is 2. The third-order valence-corrected chi connectivity index (χ3v) is 13.8. The van der Waals surface area contributed by atoms with Gasteiger partial charge in [-0.05, 0) is 109 Å². The third-order valence-electron chi connectivity index (χ3n) is 7.80. The van der Waals surface area contributed by atoms with Gasteiger partial charge in [0.15, 0.2) is 0 Å². The lowest BCUT2D eigenvalue weighted by atomic mass is 9.92. The van der Waals surface area contributed by atoms with Crippen molar-refractivity contribution < 1.29 is 0 Å². The van der Waals surface area contributed by atoms with E-state index in [-0.39, 0.29) is 0 Å². The van der Waals surface area contributed by atoms with Crippen molar-refractivity contribution in [2.45, 2.75) is 91.9 Å². The molecule has 0 fully saturated rings. The molecule has 0 radical (unpaired) electrons. The zero-order valence-corrected chi connectivity index (χ0v) is 30.7. The molecule has 4 rings (SSSR count). The highest BCUT2D eigenvalue weighted by Crippen LogP contribution is 2.43. The number of thiophene rings is 4. The van der Waals surface area contributed by atoms with Gasteiger partial charge in [0.1, 0.15) is 0 Å². The monoisotopic (exact) mass is 736 g/mol. The quantitative estimate of drug-likeness (QED) is 0.107. The van der Waals surface area contributed by atoms with E-state index in [1.54, 1.807) is 11.3 Å². The second kappa shape index (κ2) is 16.4. The fourth-order valence-electron chi connectivity index (χ4n) is 5.24. The average molecular weight is 739 g/mol. The molecule has 216 valence electrons. The van der Waals surface area contributed by atoms with Crippen LogP contribution in [0.3, 0.4) is 0 Å². The van der Waals surface area contributed by atoms with Crippen LogP contribution in [0.4, 0.5) is 0 Å². The van der Waals surface area contributed by atoms with Crippen molar-refractivity contribution in [3.63, 3.8) is 0 Å². The Kier molecular flexibility index (Phi) is 13.3. The van der Waals surface area contributed by atoms with Gasteiger partial charge in [-0.2, -0.15) is 0 Å². The van der Waals surface area contributed by atoms with E-state index < -0.39 is 0 Å². The molecule has 2 atom stereocenters. The molecule has 2 unspecified atom stereocenters. The van der Waals surface area contributed by atoms with Gasteiger partial charge in [0.25, 0.3) is 0 Å². The molecular formula is C34H42Br2S4. The largest absolute Gasteiger partial charge is 0.143 e. The Hall–Kier alpha value is -0.500. The first kappa shape index (κ1) is 32.4. The zero-order valence-electron chi connectivity index (χ0n) is 24.2. The summed E-state index contributed by atoms with van der Waals surface area (Å²) in [5.74, 6) is 1.57. The Morgan fingerprint density at radius 3 is 2.02 bits per heavy atom. The highest BCUT2D eigenvalue weighted by molar-refractivity contribution is 9.12. The van der Waals surface area contributed by atoms with Crippen molar-refractivity contribution in [1.29, 1.82) is 0 Å². The molecule has 0 aromatic carbocycles. The lowest BCUT2D eigenvalue weighted by Crippen LogP contribution is -2.03. The minimum absolute atomic E-state index is 0.754. The minimum atomic E-state index is 0.754. The Morgan fingerprint density at radius 2 is 1.40 bits per heavy atom. The molecule has 0 saturated carbocycles. The van der Waals surface area contributed by atoms with Crippen LogP contribution in [0, 0.1) is 11.8 Å². The normalized spacial score (nSPS) is 13.4. The summed E-state index contributed by atoms with van der Waals surface area (Å²) < 4.78 is 2.34. The van der Waals surface area contributed by atoms with Crippen LogP contribution in [0.1, 0.15) is 101 Å². The summed E-state index contributed by atoms with van der Waals surface area (Å²) in [4.78, 5) is 7.04. The maximum atomic E-state index is 3.73. The Balaban J connectivity index is 1.56. The van der Waals surface area contributed by atoms with Crippen molar-refractivity contribution in [3.8, 4) is 19.5 Å². The molecule has 6 heteroatoms. The summed E-state index contributed by atoms with van der Waals surface area (Å²) >= 11 is 14.9. The van der Waals surface area contributed by atoms with E-state index in [2.05, 4.69) is 107 Å². The van der Waals surface area contributed by atoms with Gasteiger partial charge in [0.05, 0.1) is 7.57 Å². The number of hydrogen-bond acceptors (Lipinski definition) is 4. The predicted molar refractivity (Wildman–Crippen MR) is 194 cm³/mol. The number of hydrogen-bond donors (Lipinski definition) is 0. The van der Waals surface area contributed by atoms with Crippen molar-refractivity contribution >= 4 is 89.4 Å². The van der Waals surface area contributed by atoms with E-state index in [1.807, 2.05) is 34.0 Å². The molecule has 0 spiro atoms. The van der Waals surface area contributed by atoms with Gasteiger partial charge in [0, 0.05) is 29.9 Å². The van der Waals surface area contributed by atoms with Gasteiger partial charge in [0.2, 0.25) is 0 Å². The summed E-state index contributed by atoms with van der Waals surface area (Å²) in [6.45, 7) is 9.31. The molecule has 0 aliphatic carbocycles. The van der Waals surface area contributed by atoms with Crippen molar-refractivity contribution in [3.05, 3.63) is 64.9 Å². The van der Waals surface area contributed by atoms with E-state index in [9.17, 15) is 0 Å². The van der Waals surface area contributed by atoms with E-state index in [0.29, 0.717) is 0 Å². The van der Waals surface area contributed by atoms with Gasteiger partial charge < -0.3 is 0 Å². The summed E-state index contributed by atoms with van der Waals surface area (Å²) in [5.41, 5.74) is 4.27.